The van der Waals surface area contributed by atoms with Crippen molar-refractivity contribution in [1.29, 1.82) is 0 Å². The van der Waals surface area contributed by atoms with Crippen LogP contribution in [-0.2, 0) is 11.2 Å². The lowest BCUT2D eigenvalue weighted by Gasteiger charge is -2.18. The average molecular weight is 332 g/mol. The van der Waals surface area contributed by atoms with Gasteiger partial charge in [0.1, 0.15) is 5.75 Å². The SMILES string of the molecule is CC[C@@H](NC(=O)Cc1cc(Cl)ccc1OC)c1ccc(C)cc1. The molecule has 0 heterocycles. The fourth-order valence-electron chi connectivity index (χ4n) is 2.52. The third-order valence-corrected chi connectivity index (χ3v) is 4.05. The number of ether oxygens (including phenoxy) is 1. The summed E-state index contributed by atoms with van der Waals surface area (Å²) in [5, 5.41) is 3.68. The van der Waals surface area contributed by atoms with Crippen molar-refractivity contribution in [3.63, 3.8) is 0 Å². The highest BCUT2D eigenvalue weighted by Gasteiger charge is 2.15. The molecule has 1 N–H and O–H groups in total. The van der Waals surface area contributed by atoms with Crippen molar-refractivity contribution in [1.82, 2.24) is 5.32 Å². The van der Waals surface area contributed by atoms with Crippen LogP contribution in [0.3, 0.4) is 0 Å². The van der Waals surface area contributed by atoms with E-state index >= 15 is 0 Å². The molecule has 0 fully saturated rings. The normalized spacial score (nSPS) is 11.8. The zero-order valence-electron chi connectivity index (χ0n) is 13.7. The van der Waals surface area contributed by atoms with Gasteiger partial charge in [-0.25, -0.2) is 0 Å². The summed E-state index contributed by atoms with van der Waals surface area (Å²) in [6.45, 7) is 4.11. The van der Waals surface area contributed by atoms with Crippen molar-refractivity contribution >= 4 is 17.5 Å². The molecule has 0 spiro atoms. The van der Waals surface area contributed by atoms with Crippen molar-refractivity contribution in [2.75, 3.05) is 7.11 Å². The number of carbonyl (C=O) groups excluding carboxylic acids is 1. The van der Waals surface area contributed by atoms with Gasteiger partial charge in [0, 0.05) is 10.6 Å². The van der Waals surface area contributed by atoms with Crippen LogP contribution in [-0.4, -0.2) is 13.0 Å². The Labute approximate surface area is 142 Å². The Morgan fingerprint density at radius 3 is 2.52 bits per heavy atom. The maximum absolute atomic E-state index is 12.4. The van der Waals surface area contributed by atoms with Gasteiger partial charge in [0.25, 0.3) is 0 Å². The van der Waals surface area contributed by atoms with Gasteiger partial charge in [-0.15, -0.1) is 0 Å². The lowest BCUT2D eigenvalue weighted by molar-refractivity contribution is -0.121. The van der Waals surface area contributed by atoms with Gasteiger partial charge in [-0.2, -0.15) is 0 Å². The standard InChI is InChI=1S/C19H22ClNO2/c1-4-17(14-7-5-13(2)6-8-14)21-19(22)12-15-11-16(20)9-10-18(15)23-3/h5-11,17H,4,12H2,1-3H3,(H,21,22)/t17-/m1/s1. The highest BCUT2D eigenvalue weighted by atomic mass is 35.5. The van der Waals surface area contributed by atoms with E-state index in [1.807, 2.05) is 0 Å². The second-order valence-electron chi connectivity index (χ2n) is 5.57. The number of hydrogen-bond donors (Lipinski definition) is 1. The number of rotatable bonds is 6. The van der Waals surface area contributed by atoms with Crippen molar-refractivity contribution in [2.45, 2.75) is 32.7 Å². The predicted octanol–water partition coefficient (Wildman–Crippen LogP) is 4.47. The summed E-state index contributed by atoms with van der Waals surface area (Å²) in [4.78, 5) is 12.4. The molecule has 122 valence electrons. The summed E-state index contributed by atoms with van der Waals surface area (Å²) in [6, 6.07) is 13.5. The molecule has 1 atom stereocenters. The molecule has 0 saturated carbocycles. The van der Waals surface area contributed by atoms with Gasteiger partial charge >= 0.3 is 0 Å². The van der Waals surface area contributed by atoms with E-state index < -0.39 is 0 Å². The molecule has 0 aliphatic heterocycles. The molecule has 3 nitrogen and oxygen atoms in total. The number of benzene rings is 2. The van der Waals surface area contributed by atoms with Gasteiger partial charge in [-0.05, 0) is 37.1 Å². The van der Waals surface area contributed by atoms with Crippen LogP contribution in [0.4, 0.5) is 0 Å². The molecule has 2 rings (SSSR count). The van der Waals surface area contributed by atoms with Crippen molar-refractivity contribution in [3.05, 3.63) is 64.2 Å². The molecule has 0 aliphatic rings. The van der Waals surface area contributed by atoms with Crippen molar-refractivity contribution in [3.8, 4) is 5.75 Å². The van der Waals surface area contributed by atoms with E-state index in [2.05, 4.69) is 43.4 Å². The molecule has 0 radical (unpaired) electrons. The summed E-state index contributed by atoms with van der Waals surface area (Å²) in [5.41, 5.74) is 3.11. The highest BCUT2D eigenvalue weighted by Crippen LogP contribution is 2.24. The van der Waals surface area contributed by atoms with Gasteiger partial charge in [0.05, 0.1) is 19.6 Å². The quantitative estimate of drug-likeness (QED) is 0.848. The van der Waals surface area contributed by atoms with E-state index in [0.29, 0.717) is 10.8 Å². The first-order chi connectivity index (χ1) is 11.0. The van der Waals surface area contributed by atoms with Crippen LogP contribution in [0.25, 0.3) is 0 Å². The molecule has 0 aromatic heterocycles. The van der Waals surface area contributed by atoms with Crippen LogP contribution in [0.2, 0.25) is 5.02 Å². The molecule has 0 bridgehead atoms. The maximum Gasteiger partial charge on any atom is 0.225 e. The molecular formula is C19H22ClNO2. The third-order valence-electron chi connectivity index (χ3n) is 3.82. The Balaban J connectivity index is 2.08. The smallest absolute Gasteiger partial charge is 0.225 e. The summed E-state index contributed by atoms with van der Waals surface area (Å²) in [6.07, 6.45) is 1.08. The van der Waals surface area contributed by atoms with E-state index in [1.54, 1.807) is 25.3 Å². The van der Waals surface area contributed by atoms with E-state index in [9.17, 15) is 4.79 Å². The Hall–Kier alpha value is -2.00. The molecule has 0 aliphatic carbocycles. The molecule has 2 aromatic rings. The van der Waals surface area contributed by atoms with Gasteiger partial charge < -0.3 is 10.1 Å². The van der Waals surface area contributed by atoms with Crippen LogP contribution in [0.5, 0.6) is 5.75 Å². The first-order valence-corrected chi connectivity index (χ1v) is 8.09. The Morgan fingerprint density at radius 2 is 1.91 bits per heavy atom. The minimum atomic E-state index is -0.0435. The largest absolute Gasteiger partial charge is 0.496 e. The number of nitrogens with one attached hydrogen (secondary N) is 1. The first kappa shape index (κ1) is 17.4. The number of halogens is 1. The van der Waals surface area contributed by atoms with Crippen molar-refractivity contribution < 1.29 is 9.53 Å². The molecule has 0 unspecified atom stereocenters. The summed E-state index contributed by atoms with van der Waals surface area (Å²) < 4.78 is 5.29. The van der Waals surface area contributed by atoms with Crippen LogP contribution in [0, 0.1) is 6.92 Å². The monoisotopic (exact) mass is 331 g/mol. The summed E-state index contributed by atoms with van der Waals surface area (Å²) >= 11 is 6.01. The molecule has 1 amide bonds. The Morgan fingerprint density at radius 1 is 1.22 bits per heavy atom. The zero-order valence-corrected chi connectivity index (χ0v) is 14.5. The topological polar surface area (TPSA) is 38.3 Å². The molecular weight excluding hydrogens is 310 g/mol. The Kier molecular flexibility index (Phi) is 6.05. The zero-order chi connectivity index (χ0) is 16.8. The second-order valence-corrected chi connectivity index (χ2v) is 6.01. The highest BCUT2D eigenvalue weighted by molar-refractivity contribution is 6.30. The van der Waals surface area contributed by atoms with Crippen LogP contribution in [0.15, 0.2) is 42.5 Å². The minimum absolute atomic E-state index is 0.00767. The number of aryl methyl sites for hydroxylation is 1. The fourth-order valence-corrected chi connectivity index (χ4v) is 2.72. The second kappa shape index (κ2) is 8.02. The lowest BCUT2D eigenvalue weighted by Crippen LogP contribution is -2.29. The fraction of sp³-hybridized carbons (Fsp3) is 0.316. The maximum atomic E-state index is 12.4. The van der Waals surface area contributed by atoms with E-state index in [-0.39, 0.29) is 18.4 Å². The van der Waals surface area contributed by atoms with Crippen LogP contribution < -0.4 is 10.1 Å². The van der Waals surface area contributed by atoms with E-state index in [0.717, 1.165) is 17.5 Å². The number of carbonyl (C=O) groups is 1. The summed E-state index contributed by atoms with van der Waals surface area (Å²) in [7, 11) is 1.59. The number of methoxy groups -OCH3 is 1. The van der Waals surface area contributed by atoms with Crippen molar-refractivity contribution in [2.24, 2.45) is 0 Å². The number of hydrogen-bond acceptors (Lipinski definition) is 2. The minimum Gasteiger partial charge on any atom is -0.496 e. The first-order valence-electron chi connectivity index (χ1n) is 7.71. The van der Waals surface area contributed by atoms with Gasteiger partial charge in [-0.3, -0.25) is 4.79 Å². The van der Waals surface area contributed by atoms with Gasteiger partial charge in [0.15, 0.2) is 0 Å². The third kappa shape index (κ3) is 4.73. The molecule has 0 saturated heterocycles. The molecule has 2 aromatic carbocycles. The molecule has 23 heavy (non-hydrogen) atoms. The van der Waals surface area contributed by atoms with Gasteiger partial charge in [0.2, 0.25) is 5.91 Å². The van der Waals surface area contributed by atoms with Crippen LogP contribution in [0.1, 0.15) is 36.1 Å². The average Bonchev–Trinajstić information content (AvgIpc) is 2.54. The van der Waals surface area contributed by atoms with E-state index in [1.165, 1.54) is 5.56 Å². The Bertz CT molecular complexity index is 668. The van der Waals surface area contributed by atoms with Crippen LogP contribution >= 0.6 is 11.6 Å². The van der Waals surface area contributed by atoms with E-state index in [4.69, 9.17) is 16.3 Å². The summed E-state index contributed by atoms with van der Waals surface area (Å²) in [5.74, 6) is 0.630. The number of amides is 1. The molecule has 4 heteroatoms. The van der Waals surface area contributed by atoms with Gasteiger partial charge in [-0.1, -0.05) is 48.4 Å². The lowest BCUT2D eigenvalue weighted by atomic mass is 10.0. The predicted molar refractivity (Wildman–Crippen MR) is 94.1 cm³/mol.